The van der Waals surface area contributed by atoms with Gasteiger partial charge in [-0.1, -0.05) is 72.8 Å². The molecule has 0 radical (unpaired) electrons. The Morgan fingerprint density at radius 2 is 1.36 bits per heavy atom. The number of thioether (sulfide) groups is 1. The van der Waals surface area contributed by atoms with Gasteiger partial charge in [-0.15, -0.1) is 11.8 Å². The molecule has 2 nitrogen and oxygen atoms in total. The molecule has 0 amide bonds. The predicted octanol–water partition coefficient (Wildman–Crippen LogP) is 5.67. The van der Waals surface area contributed by atoms with Crippen LogP contribution in [0.15, 0.2) is 94.8 Å². The molecule has 0 bridgehead atoms. The van der Waals surface area contributed by atoms with Crippen LogP contribution in [0.1, 0.15) is 28.8 Å². The van der Waals surface area contributed by atoms with Gasteiger partial charge in [0, 0.05) is 10.5 Å². The monoisotopic (exact) mass is 345 g/mol. The fourth-order valence-electron chi connectivity index (χ4n) is 3.16. The molecule has 124 valence electrons. The standard InChI is InChI=1S/C22H19NOS/c1-25-19-15-9-8-14-18(19)22-23-20(16-10-4-2-5-11-16)21(24-22)17-12-6-3-7-13-17/h2-15,20-21H,1H3/t20-,21+/m0/s1. The van der Waals surface area contributed by atoms with Crippen molar-refractivity contribution in [2.45, 2.75) is 17.0 Å². The summed E-state index contributed by atoms with van der Waals surface area (Å²) in [5, 5.41) is 0. The van der Waals surface area contributed by atoms with E-state index in [4.69, 9.17) is 9.73 Å². The Morgan fingerprint density at radius 3 is 2.04 bits per heavy atom. The van der Waals surface area contributed by atoms with Crippen molar-refractivity contribution in [3.05, 3.63) is 102 Å². The van der Waals surface area contributed by atoms with Crippen molar-refractivity contribution in [3.8, 4) is 0 Å². The first-order valence-electron chi connectivity index (χ1n) is 8.34. The average molecular weight is 345 g/mol. The maximum Gasteiger partial charge on any atom is 0.218 e. The molecule has 0 aliphatic carbocycles. The first-order valence-corrected chi connectivity index (χ1v) is 9.57. The number of hydrogen-bond donors (Lipinski definition) is 0. The molecule has 2 atom stereocenters. The predicted molar refractivity (Wildman–Crippen MR) is 104 cm³/mol. The minimum atomic E-state index is -0.103. The van der Waals surface area contributed by atoms with Crippen molar-refractivity contribution in [1.82, 2.24) is 0 Å². The maximum absolute atomic E-state index is 6.38. The highest BCUT2D eigenvalue weighted by Gasteiger charge is 2.34. The van der Waals surface area contributed by atoms with Crippen molar-refractivity contribution in [3.63, 3.8) is 0 Å². The molecule has 0 aromatic heterocycles. The zero-order chi connectivity index (χ0) is 17.1. The molecule has 0 unspecified atom stereocenters. The van der Waals surface area contributed by atoms with Crippen molar-refractivity contribution in [2.24, 2.45) is 4.99 Å². The minimum Gasteiger partial charge on any atom is -0.467 e. The maximum atomic E-state index is 6.38. The number of rotatable bonds is 4. The molecule has 3 aromatic rings. The Hall–Kier alpha value is -2.52. The second-order valence-electron chi connectivity index (χ2n) is 5.94. The van der Waals surface area contributed by atoms with Crippen LogP contribution in [0.2, 0.25) is 0 Å². The van der Waals surface area contributed by atoms with E-state index in [1.807, 2.05) is 24.3 Å². The molecule has 3 aromatic carbocycles. The van der Waals surface area contributed by atoms with Gasteiger partial charge in [0.2, 0.25) is 5.90 Å². The van der Waals surface area contributed by atoms with E-state index in [1.165, 1.54) is 10.5 Å². The van der Waals surface area contributed by atoms with E-state index < -0.39 is 0 Å². The van der Waals surface area contributed by atoms with E-state index in [2.05, 4.69) is 66.9 Å². The largest absolute Gasteiger partial charge is 0.467 e. The van der Waals surface area contributed by atoms with Gasteiger partial charge in [-0.05, 0) is 29.5 Å². The highest BCUT2D eigenvalue weighted by molar-refractivity contribution is 7.98. The summed E-state index contributed by atoms with van der Waals surface area (Å²) in [7, 11) is 0. The van der Waals surface area contributed by atoms with Gasteiger partial charge in [0.15, 0.2) is 6.10 Å². The molecule has 4 rings (SSSR count). The lowest BCUT2D eigenvalue weighted by Gasteiger charge is -2.18. The van der Waals surface area contributed by atoms with Crippen LogP contribution < -0.4 is 0 Å². The Bertz CT molecular complexity index is 877. The second kappa shape index (κ2) is 7.16. The summed E-state index contributed by atoms with van der Waals surface area (Å²) in [5.74, 6) is 0.729. The number of ether oxygens (including phenoxy) is 1. The Labute approximate surface area is 152 Å². The summed E-state index contributed by atoms with van der Waals surface area (Å²) < 4.78 is 6.38. The van der Waals surface area contributed by atoms with Gasteiger partial charge in [0.1, 0.15) is 6.04 Å². The molecule has 3 heteroatoms. The Kier molecular flexibility index (Phi) is 4.57. The highest BCUT2D eigenvalue weighted by Crippen LogP contribution is 2.41. The minimum absolute atomic E-state index is 0.0338. The van der Waals surface area contributed by atoms with Crippen LogP contribution in [0.5, 0.6) is 0 Å². The number of benzene rings is 3. The SMILES string of the molecule is CSc1ccccc1C1=N[C@@H](c2ccccc2)[C@@H](c2ccccc2)O1. The van der Waals surface area contributed by atoms with Gasteiger partial charge in [-0.2, -0.15) is 0 Å². The summed E-state index contributed by atoms with van der Waals surface area (Å²) in [6.45, 7) is 0. The molecule has 0 saturated carbocycles. The molecule has 0 spiro atoms. The van der Waals surface area contributed by atoms with Crippen molar-refractivity contribution in [2.75, 3.05) is 6.26 Å². The zero-order valence-corrected chi connectivity index (χ0v) is 14.8. The molecule has 1 heterocycles. The molecule has 1 aliphatic rings. The van der Waals surface area contributed by atoms with Crippen molar-refractivity contribution >= 4 is 17.7 Å². The van der Waals surface area contributed by atoms with Gasteiger partial charge < -0.3 is 4.74 Å². The normalized spacial score (nSPS) is 19.3. The third-order valence-electron chi connectivity index (χ3n) is 4.39. The summed E-state index contributed by atoms with van der Waals surface area (Å²) in [6, 6.07) is 29.0. The summed E-state index contributed by atoms with van der Waals surface area (Å²) in [4.78, 5) is 6.16. The van der Waals surface area contributed by atoms with Crippen LogP contribution in [-0.2, 0) is 4.74 Å². The van der Waals surface area contributed by atoms with Gasteiger partial charge >= 0.3 is 0 Å². The van der Waals surface area contributed by atoms with E-state index in [0.29, 0.717) is 0 Å². The van der Waals surface area contributed by atoms with E-state index in [0.717, 1.165) is 17.0 Å². The third-order valence-corrected chi connectivity index (χ3v) is 5.18. The molecule has 0 saturated heterocycles. The quantitative estimate of drug-likeness (QED) is 0.568. The average Bonchev–Trinajstić information content (AvgIpc) is 3.14. The summed E-state index contributed by atoms with van der Waals surface area (Å²) in [6.07, 6.45) is 1.98. The summed E-state index contributed by atoms with van der Waals surface area (Å²) in [5.41, 5.74) is 3.39. The van der Waals surface area contributed by atoms with E-state index >= 15 is 0 Å². The smallest absolute Gasteiger partial charge is 0.218 e. The van der Waals surface area contributed by atoms with Crippen molar-refractivity contribution in [1.29, 1.82) is 0 Å². The molecule has 0 N–H and O–H groups in total. The van der Waals surface area contributed by atoms with Gasteiger partial charge in [-0.25, -0.2) is 4.99 Å². The van der Waals surface area contributed by atoms with E-state index in [-0.39, 0.29) is 12.1 Å². The zero-order valence-electron chi connectivity index (χ0n) is 14.0. The molecular weight excluding hydrogens is 326 g/mol. The van der Waals surface area contributed by atoms with E-state index in [1.54, 1.807) is 11.8 Å². The van der Waals surface area contributed by atoms with Gasteiger partial charge in [-0.3, -0.25) is 0 Å². The van der Waals surface area contributed by atoms with Crippen LogP contribution in [0.25, 0.3) is 0 Å². The molecule has 0 fully saturated rings. The molecular formula is C22H19NOS. The van der Waals surface area contributed by atoms with Crippen LogP contribution in [-0.4, -0.2) is 12.2 Å². The van der Waals surface area contributed by atoms with Crippen molar-refractivity contribution < 1.29 is 4.74 Å². The van der Waals surface area contributed by atoms with Gasteiger partial charge in [0.05, 0.1) is 0 Å². The lowest BCUT2D eigenvalue weighted by atomic mass is 9.97. The van der Waals surface area contributed by atoms with Crippen LogP contribution in [0, 0.1) is 0 Å². The molecule has 25 heavy (non-hydrogen) atoms. The lowest BCUT2D eigenvalue weighted by Crippen LogP contribution is -2.09. The number of hydrogen-bond acceptors (Lipinski definition) is 3. The Morgan fingerprint density at radius 1 is 0.760 bits per heavy atom. The lowest BCUT2D eigenvalue weighted by molar-refractivity contribution is 0.197. The number of aliphatic imine (C=N–C) groups is 1. The fraction of sp³-hybridized carbons (Fsp3) is 0.136. The molecule has 1 aliphatic heterocycles. The highest BCUT2D eigenvalue weighted by atomic mass is 32.2. The summed E-state index contributed by atoms with van der Waals surface area (Å²) >= 11 is 1.72. The first-order chi connectivity index (χ1) is 12.4. The van der Waals surface area contributed by atoms with E-state index in [9.17, 15) is 0 Å². The fourth-order valence-corrected chi connectivity index (χ4v) is 3.75. The topological polar surface area (TPSA) is 21.6 Å². The van der Waals surface area contributed by atoms with Crippen LogP contribution in [0.4, 0.5) is 0 Å². The van der Waals surface area contributed by atoms with Gasteiger partial charge in [0.25, 0.3) is 0 Å². The Balaban J connectivity index is 1.77. The first kappa shape index (κ1) is 16.0. The second-order valence-corrected chi connectivity index (χ2v) is 6.79. The van der Waals surface area contributed by atoms with Crippen LogP contribution in [0.3, 0.4) is 0 Å². The number of nitrogens with zero attached hydrogens (tertiary/aromatic N) is 1. The van der Waals surface area contributed by atoms with Crippen LogP contribution >= 0.6 is 11.8 Å². The third kappa shape index (κ3) is 3.20.